The van der Waals surface area contributed by atoms with Gasteiger partial charge in [-0.15, -0.1) is 10.2 Å². The number of amides is 1. The van der Waals surface area contributed by atoms with Crippen LogP contribution in [0.2, 0.25) is 0 Å². The highest BCUT2D eigenvalue weighted by atomic mass is 16.2. The molecule has 0 bridgehead atoms. The molecule has 2 saturated heterocycles. The second-order valence-electron chi connectivity index (χ2n) is 6.67. The molecule has 0 aromatic carbocycles. The number of hydrogen-bond acceptors (Lipinski definition) is 5. The maximum atomic E-state index is 12.5. The predicted octanol–water partition coefficient (Wildman–Crippen LogP) is 1.49. The zero-order valence-corrected chi connectivity index (χ0v) is 14.2. The van der Waals surface area contributed by atoms with E-state index < -0.39 is 0 Å². The number of carbonyl (C=O) groups is 1. The van der Waals surface area contributed by atoms with E-state index in [-0.39, 0.29) is 5.91 Å². The van der Waals surface area contributed by atoms with Crippen molar-refractivity contribution in [1.82, 2.24) is 20.0 Å². The van der Waals surface area contributed by atoms with Crippen LogP contribution >= 0.6 is 0 Å². The average molecular weight is 317 g/mol. The molecule has 3 heterocycles. The van der Waals surface area contributed by atoms with Crippen molar-refractivity contribution < 1.29 is 4.79 Å². The molecule has 0 saturated carbocycles. The summed E-state index contributed by atoms with van der Waals surface area (Å²) in [5.74, 6) is 1.62. The highest BCUT2D eigenvalue weighted by molar-refractivity contribution is 5.92. The molecular formula is C17H27N5O. The van der Waals surface area contributed by atoms with E-state index in [1.165, 1.54) is 0 Å². The number of aromatic nitrogens is 2. The van der Waals surface area contributed by atoms with Crippen LogP contribution in [0.5, 0.6) is 0 Å². The summed E-state index contributed by atoms with van der Waals surface area (Å²) < 4.78 is 0. The maximum Gasteiger partial charge on any atom is 0.274 e. The van der Waals surface area contributed by atoms with Gasteiger partial charge in [0.05, 0.1) is 0 Å². The lowest BCUT2D eigenvalue weighted by molar-refractivity contribution is 0.0690. The molecular weight excluding hydrogens is 290 g/mol. The van der Waals surface area contributed by atoms with E-state index in [1.54, 1.807) is 0 Å². The topological polar surface area (TPSA) is 52.6 Å². The van der Waals surface area contributed by atoms with Crippen LogP contribution in [0.3, 0.4) is 0 Å². The maximum absolute atomic E-state index is 12.5. The van der Waals surface area contributed by atoms with Gasteiger partial charge in [-0.05, 0) is 37.4 Å². The van der Waals surface area contributed by atoms with E-state index in [9.17, 15) is 4.79 Å². The lowest BCUT2D eigenvalue weighted by Crippen LogP contribution is -2.46. The molecule has 1 aromatic heterocycles. The van der Waals surface area contributed by atoms with E-state index in [1.807, 2.05) is 17.0 Å². The predicted molar refractivity (Wildman–Crippen MR) is 90.7 cm³/mol. The van der Waals surface area contributed by atoms with Crippen LogP contribution in [0.1, 0.15) is 37.2 Å². The van der Waals surface area contributed by atoms with Crippen molar-refractivity contribution in [2.24, 2.45) is 5.92 Å². The minimum Gasteiger partial charge on any atom is -0.353 e. The molecule has 2 fully saturated rings. The molecule has 3 rings (SSSR count). The third-order valence-corrected chi connectivity index (χ3v) is 5.08. The number of carbonyl (C=O) groups excluding carboxylic acids is 1. The highest BCUT2D eigenvalue weighted by Gasteiger charge is 2.23. The second-order valence-corrected chi connectivity index (χ2v) is 6.67. The largest absolute Gasteiger partial charge is 0.353 e. The van der Waals surface area contributed by atoms with Crippen LogP contribution in [-0.4, -0.2) is 71.7 Å². The number of piperazine rings is 1. The first-order chi connectivity index (χ1) is 11.2. The minimum atomic E-state index is 0.0201. The molecule has 23 heavy (non-hydrogen) atoms. The van der Waals surface area contributed by atoms with Crippen molar-refractivity contribution in [1.29, 1.82) is 0 Å². The molecule has 1 aromatic rings. The zero-order valence-electron chi connectivity index (χ0n) is 14.2. The average Bonchev–Trinajstić information content (AvgIpc) is 2.62. The van der Waals surface area contributed by atoms with Gasteiger partial charge in [0.15, 0.2) is 11.5 Å². The summed E-state index contributed by atoms with van der Waals surface area (Å²) in [6.07, 6.45) is 2.16. The fourth-order valence-corrected chi connectivity index (χ4v) is 3.27. The van der Waals surface area contributed by atoms with Gasteiger partial charge < -0.3 is 14.7 Å². The van der Waals surface area contributed by atoms with Gasteiger partial charge in [-0.1, -0.05) is 13.8 Å². The van der Waals surface area contributed by atoms with Gasteiger partial charge in [0.25, 0.3) is 5.91 Å². The number of likely N-dealkylation sites (N-methyl/N-ethyl adjacent to an activating group) is 1. The molecule has 126 valence electrons. The monoisotopic (exact) mass is 317 g/mol. The number of piperidine rings is 1. The van der Waals surface area contributed by atoms with Crippen molar-refractivity contribution in [3.63, 3.8) is 0 Å². The summed E-state index contributed by atoms with van der Waals surface area (Å²) in [7, 11) is 0. The van der Waals surface area contributed by atoms with Crippen molar-refractivity contribution in [3.8, 4) is 0 Å². The summed E-state index contributed by atoms with van der Waals surface area (Å²) >= 11 is 0. The van der Waals surface area contributed by atoms with Gasteiger partial charge in [0, 0.05) is 39.3 Å². The fraction of sp³-hybridized carbons (Fsp3) is 0.706. The van der Waals surface area contributed by atoms with Gasteiger partial charge in [-0.3, -0.25) is 4.79 Å². The Kier molecular flexibility index (Phi) is 5.10. The van der Waals surface area contributed by atoms with E-state index >= 15 is 0 Å². The Bertz CT molecular complexity index is 516. The molecule has 0 atom stereocenters. The normalized spacial score (nSPS) is 20.8. The number of rotatable bonds is 3. The van der Waals surface area contributed by atoms with Gasteiger partial charge in [-0.2, -0.15) is 0 Å². The quantitative estimate of drug-likeness (QED) is 0.845. The van der Waals surface area contributed by atoms with Crippen LogP contribution in [0.15, 0.2) is 12.1 Å². The van der Waals surface area contributed by atoms with Crippen LogP contribution in [-0.2, 0) is 0 Å². The summed E-state index contributed by atoms with van der Waals surface area (Å²) in [6, 6.07) is 3.77. The Hall–Kier alpha value is -1.69. The van der Waals surface area contributed by atoms with E-state index in [0.29, 0.717) is 11.6 Å². The molecule has 6 heteroatoms. The Morgan fingerprint density at radius 3 is 2.35 bits per heavy atom. The van der Waals surface area contributed by atoms with Crippen molar-refractivity contribution in [2.75, 3.05) is 50.7 Å². The lowest BCUT2D eigenvalue weighted by atomic mass is 9.99. The molecule has 2 aliphatic rings. The number of nitrogens with zero attached hydrogens (tertiary/aromatic N) is 5. The molecule has 0 radical (unpaired) electrons. The summed E-state index contributed by atoms with van der Waals surface area (Å²) in [4.78, 5) is 19.1. The second kappa shape index (κ2) is 7.25. The molecule has 0 spiro atoms. The van der Waals surface area contributed by atoms with Crippen LogP contribution in [0, 0.1) is 5.92 Å². The van der Waals surface area contributed by atoms with Crippen molar-refractivity contribution in [2.45, 2.75) is 26.7 Å². The highest BCUT2D eigenvalue weighted by Crippen LogP contribution is 2.18. The van der Waals surface area contributed by atoms with Crippen LogP contribution < -0.4 is 4.90 Å². The standard InChI is InChI=1S/C17H27N5O/c1-3-20-10-12-21(13-11-20)16-5-4-15(18-19-16)17(23)22-8-6-14(2)7-9-22/h4-5,14H,3,6-13H2,1-2H3. The van der Waals surface area contributed by atoms with Crippen LogP contribution in [0.25, 0.3) is 0 Å². The molecule has 6 nitrogen and oxygen atoms in total. The Balaban J connectivity index is 1.60. The van der Waals surface area contributed by atoms with Gasteiger partial charge in [0.1, 0.15) is 0 Å². The molecule has 0 N–H and O–H groups in total. The third kappa shape index (κ3) is 3.80. The Morgan fingerprint density at radius 2 is 1.78 bits per heavy atom. The number of hydrogen-bond donors (Lipinski definition) is 0. The Morgan fingerprint density at radius 1 is 1.09 bits per heavy atom. The van der Waals surface area contributed by atoms with Crippen molar-refractivity contribution in [3.05, 3.63) is 17.8 Å². The summed E-state index contributed by atoms with van der Waals surface area (Å²) in [5.41, 5.74) is 0.468. The van der Waals surface area contributed by atoms with Gasteiger partial charge >= 0.3 is 0 Å². The SMILES string of the molecule is CCN1CCN(c2ccc(C(=O)N3CCC(C)CC3)nn2)CC1. The first-order valence-corrected chi connectivity index (χ1v) is 8.77. The van der Waals surface area contributed by atoms with E-state index in [2.05, 4.69) is 33.8 Å². The van der Waals surface area contributed by atoms with Gasteiger partial charge in [0.2, 0.25) is 0 Å². The first kappa shape index (κ1) is 16.2. The number of anilines is 1. The third-order valence-electron chi connectivity index (χ3n) is 5.08. The first-order valence-electron chi connectivity index (χ1n) is 8.77. The molecule has 0 aliphatic carbocycles. The molecule has 1 amide bonds. The van der Waals surface area contributed by atoms with E-state index in [4.69, 9.17) is 0 Å². The van der Waals surface area contributed by atoms with Crippen molar-refractivity contribution >= 4 is 11.7 Å². The zero-order chi connectivity index (χ0) is 16.2. The lowest BCUT2D eigenvalue weighted by Gasteiger charge is -2.34. The molecule has 2 aliphatic heterocycles. The Labute approximate surface area is 138 Å². The summed E-state index contributed by atoms with van der Waals surface area (Å²) in [6.45, 7) is 11.3. The fourth-order valence-electron chi connectivity index (χ4n) is 3.27. The number of likely N-dealkylation sites (tertiary alicyclic amines) is 1. The smallest absolute Gasteiger partial charge is 0.274 e. The van der Waals surface area contributed by atoms with Gasteiger partial charge in [-0.25, -0.2) is 0 Å². The van der Waals surface area contributed by atoms with E-state index in [0.717, 1.165) is 64.5 Å². The minimum absolute atomic E-state index is 0.0201. The molecule has 0 unspecified atom stereocenters. The van der Waals surface area contributed by atoms with Crippen LogP contribution in [0.4, 0.5) is 5.82 Å². The summed E-state index contributed by atoms with van der Waals surface area (Å²) in [5, 5.41) is 8.48.